The maximum Gasteiger partial charge on any atom is 0.145 e. The first-order valence-corrected chi connectivity index (χ1v) is 5.39. The molecule has 0 amide bonds. The van der Waals surface area contributed by atoms with Crippen molar-refractivity contribution >= 4 is 28.3 Å². The van der Waals surface area contributed by atoms with Crippen molar-refractivity contribution in [3.63, 3.8) is 0 Å². The van der Waals surface area contributed by atoms with Crippen molar-refractivity contribution in [2.24, 2.45) is 0 Å². The maximum atomic E-state index is 8.54. The minimum Gasteiger partial charge on any atom is -0.496 e. The number of ether oxygens (including phenoxy) is 1. The third-order valence-electron chi connectivity index (χ3n) is 1.78. The number of benzene rings is 1. The van der Waals surface area contributed by atoms with E-state index in [1.807, 2.05) is 12.1 Å². The molecule has 0 atom stereocenters. The molecule has 1 aromatic carbocycles. The van der Waals surface area contributed by atoms with E-state index in [4.69, 9.17) is 15.3 Å². The van der Waals surface area contributed by atoms with Crippen LogP contribution in [0.3, 0.4) is 0 Å². The molecule has 5 heteroatoms. The molecule has 0 spiro atoms. The molecule has 4 nitrogen and oxygen atoms in total. The lowest BCUT2D eigenvalue weighted by atomic mass is 10.3. The fraction of sp³-hybridized carbons (Fsp3) is 0.0909. The number of rotatable bonds is 3. The Morgan fingerprint density at radius 3 is 2.69 bits per heavy atom. The third-order valence-corrected chi connectivity index (χ3v) is 2.67. The second-order valence-corrected chi connectivity index (χ2v) is 3.94. The second kappa shape index (κ2) is 5.99. The van der Waals surface area contributed by atoms with Gasteiger partial charge in [0.1, 0.15) is 23.5 Å². The average Bonchev–Trinajstić information content (AvgIpc) is 2.32. The zero-order valence-electron chi connectivity index (χ0n) is 8.49. The van der Waals surface area contributed by atoms with Gasteiger partial charge < -0.3 is 10.1 Å². The third kappa shape index (κ3) is 3.14. The van der Waals surface area contributed by atoms with Crippen LogP contribution in [0, 0.1) is 26.2 Å². The second-order valence-electron chi connectivity index (χ2n) is 2.78. The topological polar surface area (TPSA) is 68.8 Å². The molecule has 0 bridgehead atoms. The highest BCUT2D eigenvalue weighted by molar-refractivity contribution is 14.1. The van der Waals surface area contributed by atoms with Crippen molar-refractivity contribution in [3.8, 4) is 17.9 Å². The van der Waals surface area contributed by atoms with Crippen LogP contribution in [0.15, 0.2) is 30.0 Å². The minimum atomic E-state index is 0.0255. The Hall–Kier alpha value is -1.73. The largest absolute Gasteiger partial charge is 0.496 e. The van der Waals surface area contributed by atoms with Gasteiger partial charge in [-0.1, -0.05) is 0 Å². The molecule has 0 aliphatic heterocycles. The van der Waals surface area contributed by atoms with Crippen LogP contribution in [-0.4, -0.2) is 7.11 Å². The highest BCUT2D eigenvalue weighted by Crippen LogP contribution is 2.24. The van der Waals surface area contributed by atoms with E-state index >= 15 is 0 Å². The summed E-state index contributed by atoms with van der Waals surface area (Å²) in [6, 6.07) is 9.05. The van der Waals surface area contributed by atoms with Crippen molar-refractivity contribution < 1.29 is 4.74 Å². The van der Waals surface area contributed by atoms with Crippen molar-refractivity contribution in [1.82, 2.24) is 0 Å². The van der Waals surface area contributed by atoms with Gasteiger partial charge in [0.25, 0.3) is 0 Å². The molecule has 0 aliphatic carbocycles. The summed E-state index contributed by atoms with van der Waals surface area (Å²) in [6.45, 7) is 0. The van der Waals surface area contributed by atoms with Crippen molar-refractivity contribution in [1.29, 1.82) is 10.5 Å². The predicted octanol–water partition coefficient (Wildman–Crippen LogP) is 2.64. The lowest BCUT2D eigenvalue weighted by molar-refractivity contribution is 0.412. The van der Waals surface area contributed by atoms with Gasteiger partial charge in [-0.2, -0.15) is 10.5 Å². The quantitative estimate of drug-likeness (QED) is 0.685. The molecule has 1 aromatic rings. The Morgan fingerprint density at radius 2 is 2.12 bits per heavy atom. The molecule has 0 heterocycles. The Labute approximate surface area is 107 Å². The molecule has 80 valence electrons. The van der Waals surface area contributed by atoms with Crippen LogP contribution < -0.4 is 10.1 Å². The molecule has 16 heavy (non-hydrogen) atoms. The van der Waals surface area contributed by atoms with E-state index < -0.39 is 0 Å². The summed E-state index contributed by atoms with van der Waals surface area (Å²) in [7, 11) is 1.59. The number of methoxy groups -OCH3 is 1. The first kappa shape index (κ1) is 12.3. The molecule has 0 unspecified atom stereocenters. The van der Waals surface area contributed by atoms with Crippen LogP contribution in [-0.2, 0) is 0 Å². The van der Waals surface area contributed by atoms with E-state index in [-0.39, 0.29) is 5.57 Å². The first-order valence-electron chi connectivity index (χ1n) is 4.31. The van der Waals surface area contributed by atoms with Crippen molar-refractivity contribution in [2.45, 2.75) is 0 Å². The van der Waals surface area contributed by atoms with Gasteiger partial charge >= 0.3 is 0 Å². The Morgan fingerprint density at radius 1 is 1.44 bits per heavy atom. The minimum absolute atomic E-state index is 0.0255. The fourth-order valence-corrected chi connectivity index (χ4v) is 1.55. The predicted molar refractivity (Wildman–Crippen MR) is 68.6 cm³/mol. The van der Waals surface area contributed by atoms with Gasteiger partial charge in [0, 0.05) is 18.0 Å². The lowest BCUT2D eigenvalue weighted by Gasteiger charge is -2.06. The van der Waals surface area contributed by atoms with Crippen LogP contribution >= 0.6 is 22.6 Å². The maximum absolute atomic E-state index is 8.54. The van der Waals surface area contributed by atoms with E-state index in [9.17, 15) is 0 Å². The molecular weight excluding hydrogens is 317 g/mol. The number of halogens is 1. The summed E-state index contributed by atoms with van der Waals surface area (Å²) >= 11 is 2.16. The molecule has 0 saturated carbocycles. The highest BCUT2D eigenvalue weighted by atomic mass is 127. The zero-order valence-corrected chi connectivity index (χ0v) is 10.6. The smallest absolute Gasteiger partial charge is 0.145 e. The Kier molecular flexibility index (Phi) is 4.62. The molecule has 0 aliphatic rings. The van der Waals surface area contributed by atoms with Crippen LogP contribution in [0.4, 0.5) is 5.69 Å². The summed E-state index contributed by atoms with van der Waals surface area (Å²) < 4.78 is 6.14. The van der Waals surface area contributed by atoms with Gasteiger partial charge in [0.2, 0.25) is 0 Å². The monoisotopic (exact) mass is 325 g/mol. The molecule has 0 fully saturated rings. The van der Waals surface area contributed by atoms with Gasteiger partial charge in [-0.15, -0.1) is 0 Å². The van der Waals surface area contributed by atoms with Crippen molar-refractivity contribution in [3.05, 3.63) is 33.5 Å². The molecular formula is C11H8IN3O. The zero-order chi connectivity index (χ0) is 12.0. The highest BCUT2D eigenvalue weighted by Gasteiger charge is 2.00. The summed E-state index contributed by atoms with van der Waals surface area (Å²) in [6.07, 6.45) is 1.36. The van der Waals surface area contributed by atoms with Crippen LogP contribution in [0.25, 0.3) is 0 Å². The number of hydrogen-bond donors (Lipinski definition) is 1. The first-order chi connectivity index (χ1) is 7.71. The fourth-order valence-electron chi connectivity index (χ4n) is 0.995. The van der Waals surface area contributed by atoms with E-state index in [2.05, 4.69) is 27.9 Å². The molecule has 1 rings (SSSR count). The van der Waals surface area contributed by atoms with Gasteiger partial charge in [0.15, 0.2) is 0 Å². The standard InChI is InChI=1S/C11H8IN3O/c1-16-11-4-9(2-3-10(11)12)15-7-8(5-13)6-14/h2-4,7,15H,1H3. The van der Waals surface area contributed by atoms with Crippen LogP contribution in [0.1, 0.15) is 0 Å². The summed E-state index contributed by atoms with van der Waals surface area (Å²) in [5.74, 6) is 0.745. The van der Waals surface area contributed by atoms with Crippen molar-refractivity contribution in [2.75, 3.05) is 12.4 Å². The van der Waals surface area contributed by atoms with E-state index in [1.54, 1.807) is 25.3 Å². The number of anilines is 1. The SMILES string of the molecule is COc1cc(NC=C(C#N)C#N)ccc1I. The summed E-state index contributed by atoms with van der Waals surface area (Å²) in [5, 5.41) is 19.9. The van der Waals surface area contributed by atoms with Gasteiger partial charge in [-0.3, -0.25) is 0 Å². The van der Waals surface area contributed by atoms with Gasteiger partial charge in [-0.25, -0.2) is 0 Å². The molecule has 0 radical (unpaired) electrons. The van der Waals surface area contributed by atoms with E-state index in [0.717, 1.165) is 15.0 Å². The Balaban J connectivity index is 2.88. The number of allylic oxidation sites excluding steroid dienone is 1. The van der Waals surface area contributed by atoms with E-state index in [1.165, 1.54) is 6.20 Å². The molecule has 1 N–H and O–H groups in total. The Bertz CT molecular complexity index is 481. The van der Waals surface area contributed by atoms with E-state index in [0.29, 0.717) is 0 Å². The molecule has 0 saturated heterocycles. The summed E-state index contributed by atoms with van der Waals surface area (Å²) in [5.41, 5.74) is 0.790. The lowest BCUT2D eigenvalue weighted by Crippen LogP contribution is -1.92. The number of nitrogens with zero attached hydrogens (tertiary/aromatic N) is 2. The van der Waals surface area contributed by atoms with Crippen LogP contribution in [0.2, 0.25) is 0 Å². The van der Waals surface area contributed by atoms with Gasteiger partial charge in [0.05, 0.1) is 10.7 Å². The molecule has 0 aromatic heterocycles. The number of nitrogens with one attached hydrogen (secondary N) is 1. The van der Waals surface area contributed by atoms with Crippen LogP contribution in [0.5, 0.6) is 5.75 Å². The normalized spacial score (nSPS) is 8.50. The number of hydrogen-bond acceptors (Lipinski definition) is 4. The number of nitriles is 2. The average molecular weight is 325 g/mol. The van der Waals surface area contributed by atoms with Gasteiger partial charge in [-0.05, 0) is 34.7 Å². The summed E-state index contributed by atoms with van der Waals surface area (Å²) in [4.78, 5) is 0.